The first kappa shape index (κ1) is 32.7. The number of aromatic nitrogens is 1. The molecule has 1 aliphatic heterocycles. The molecule has 228 valence electrons. The van der Waals surface area contributed by atoms with Crippen molar-refractivity contribution in [1.29, 1.82) is 0 Å². The zero-order valence-electron chi connectivity index (χ0n) is 23.0. The lowest BCUT2D eigenvalue weighted by Gasteiger charge is -2.44. The maximum absolute atomic E-state index is 14.2. The van der Waals surface area contributed by atoms with Gasteiger partial charge < -0.3 is 20.6 Å². The van der Waals surface area contributed by atoms with Crippen molar-refractivity contribution in [2.45, 2.75) is 95.4 Å². The van der Waals surface area contributed by atoms with Crippen molar-refractivity contribution in [3.63, 3.8) is 0 Å². The van der Waals surface area contributed by atoms with Crippen molar-refractivity contribution in [2.75, 3.05) is 18.4 Å². The third-order valence-corrected chi connectivity index (χ3v) is 7.69. The first-order valence-corrected chi connectivity index (χ1v) is 13.5. The van der Waals surface area contributed by atoms with E-state index in [0.717, 1.165) is 0 Å². The highest BCUT2D eigenvalue weighted by atomic mass is 32.1. The fourth-order valence-corrected chi connectivity index (χ4v) is 4.99. The molecule has 1 aromatic rings. The molecule has 1 saturated heterocycles. The molecule has 3 N–H and O–H groups in total. The first-order valence-electron chi connectivity index (χ1n) is 13.1. The van der Waals surface area contributed by atoms with E-state index in [9.17, 15) is 41.0 Å². The second-order valence-electron chi connectivity index (χ2n) is 11.2. The molecule has 2 heterocycles. The smallest absolute Gasteiger partial charge is 0.389 e. The van der Waals surface area contributed by atoms with Crippen LogP contribution in [0.5, 0.6) is 0 Å². The Morgan fingerprint density at radius 1 is 1.22 bits per heavy atom. The van der Waals surface area contributed by atoms with Gasteiger partial charge in [0, 0.05) is 30.9 Å². The molecule has 8 nitrogen and oxygen atoms in total. The van der Waals surface area contributed by atoms with Gasteiger partial charge in [-0.05, 0) is 65.9 Å². The van der Waals surface area contributed by atoms with Gasteiger partial charge in [-0.1, -0.05) is 12.2 Å². The van der Waals surface area contributed by atoms with Crippen molar-refractivity contribution in [1.82, 2.24) is 15.2 Å². The third-order valence-electron chi connectivity index (χ3n) is 7.24. The quantitative estimate of drug-likeness (QED) is 0.166. The van der Waals surface area contributed by atoms with Crippen LogP contribution in [0.3, 0.4) is 0 Å². The van der Waals surface area contributed by atoms with Crippen molar-refractivity contribution in [3.05, 3.63) is 23.4 Å². The number of aliphatic hydroxyl groups is 1. The summed E-state index contributed by atoms with van der Waals surface area (Å²) in [5.41, 5.74) is -6.00. The van der Waals surface area contributed by atoms with E-state index in [0.29, 0.717) is 31.6 Å². The van der Waals surface area contributed by atoms with Crippen molar-refractivity contribution >= 4 is 40.4 Å². The van der Waals surface area contributed by atoms with E-state index in [1.165, 1.54) is 25.7 Å². The van der Waals surface area contributed by atoms with E-state index in [2.05, 4.69) is 20.6 Å². The second-order valence-corrected chi connectivity index (χ2v) is 11.6. The fraction of sp³-hybridized carbons (Fsp3) is 0.654. The monoisotopic (exact) mass is 609 g/mol. The van der Waals surface area contributed by atoms with Crippen LogP contribution in [0.2, 0.25) is 0 Å². The molecular formula is C26H33F6N5O3S. The number of anilines is 1. The number of alkyl halides is 6. The van der Waals surface area contributed by atoms with Gasteiger partial charge in [-0.3, -0.25) is 14.6 Å². The van der Waals surface area contributed by atoms with Gasteiger partial charge in [0.25, 0.3) is 11.8 Å². The number of nitrogens with one attached hydrogen (secondary N) is 2. The average Bonchev–Trinajstić information content (AvgIpc) is 3.26. The molecule has 1 unspecified atom stereocenters. The highest BCUT2D eigenvalue weighted by molar-refractivity contribution is 7.81. The summed E-state index contributed by atoms with van der Waals surface area (Å²) in [6.07, 6.45) is -8.16. The number of rotatable bonds is 9. The van der Waals surface area contributed by atoms with Crippen LogP contribution >= 0.6 is 12.2 Å². The van der Waals surface area contributed by atoms with Gasteiger partial charge in [-0.15, -0.1) is 0 Å². The summed E-state index contributed by atoms with van der Waals surface area (Å²) in [7, 11) is 0. The largest absolute Gasteiger partial charge is 0.417 e. The lowest BCUT2D eigenvalue weighted by molar-refractivity contribution is -0.198. The molecule has 2 fully saturated rings. The molecule has 0 bridgehead atoms. The van der Waals surface area contributed by atoms with Crippen LogP contribution in [0.15, 0.2) is 17.3 Å². The lowest BCUT2D eigenvalue weighted by Crippen LogP contribution is -2.57. The summed E-state index contributed by atoms with van der Waals surface area (Å²) in [5.74, 6) is -2.12. The third kappa shape index (κ3) is 7.53. The van der Waals surface area contributed by atoms with E-state index < -0.39 is 63.2 Å². The Kier molecular flexibility index (Phi) is 9.43. The van der Waals surface area contributed by atoms with Gasteiger partial charge in [0.1, 0.15) is 11.4 Å². The lowest BCUT2D eigenvalue weighted by atomic mass is 9.76. The molecule has 1 saturated carbocycles. The highest BCUT2D eigenvalue weighted by Crippen LogP contribution is 2.47. The average molecular weight is 610 g/mol. The highest BCUT2D eigenvalue weighted by Gasteiger charge is 2.58. The van der Waals surface area contributed by atoms with Crippen LogP contribution in [0, 0.1) is 0 Å². The number of halogens is 6. The SMILES string of the molecule is CC(=NC(C(=O)N1CCC[C@@H]1C)C(=S)c1cnc(NC2(C(F)(F)F)CCC2)cc1C(F)(F)F)C(=O)NCC(C)(C)O. The molecular weight excluding hydrogens is 576 g/mol. The summed E-state index contributed by atoms with van der Waals surface area (Å²) in [5, 5.41) is 14.4. The van der Waals surface area contributed by atoms with E-state index in [-0.39, 0.29) is 37.6 Å². The molecule has 41 heavy (non-hydrogen) atoms. The van der Waals surface area contributed by atoms with Crippen molar-refractivity contribution < 1.29 is 41.0 Å². The van der Waals surface area contributed by atoms with Gasteiger partial charge in [0.15, 0.2) is 6.04 Å². The molecule has 0 spiro atoms. The molecule has 2 amide bonds. The number of nitrogens with zero attached hydrogens (tertiary/aromatic N) is 3. The zero-order chi connectivity index (χ0) is 31.0. The van der Waals surface area contributed by atoms with Crippen LogP contribution in [-0.4, -0.2) is 79.9 Å². The number of aliphatic imine (C=N–C) groups is 1. The molecule has 2 atom stereocenters. The van der Waals surface area contributed by atoms with E-state index in [1.54, 1.807) is 6.92 Å². The summed E-state index contributed by atoms with van der Waals surface area (Å²) in [6.45, 7) is 6.05. The van der Waals surface area contributed by atoms with E-state index in [1.807, 2.05) is 0 Å². The van der Waals surface area contributed by atoms with Crippen LogP contribution in [0.4, 0.5) is 32.2 Å². The number of pyridine rings is 1. The second kappa shape index (κ2) is 11.8. The fourth-order valence-electron chi connectivity index (χ4n) is 4.68. The van der Waals surface area contributed by atoms with Gasteiger partial charge >= 0.3 is 12.4 Å². The van der Waals surface area contributed by atoms with Gasteiger partial charge in [0.05, 0.1) is 21.7 Å². The minimum atomic E-state index is -5.07. The summed E-state index contributed by atoms with van der Waals surface area (Å²) in [4.78, 5) is 34.9. The number of carbonyl (C=O) groups excluding carboxylic acids is 2. The summed E-state index contributed by atoms with van der Waals surface area (Å²) >= 11 is 5.36. The molecule has 1 aromatic heterocycles. The zero-order valence-corrected chi connectivity index (χ0v) is 23.9. The maximum Gasteiger partial charge on any atom is 0.417 e. The Hall–Kier alpha value is -2.81. The van der Waals surface area contributed by atoms with Crippen molar-refractivity contribution in [3.8, 4) is 0 Å². The molecule has 15 heteroatoms. The predicted octanol–water partition coefficient (Wildman–Crippen LogP) is 4.44. The Labute approximate surface area is 239 Å². The normalized spacial score (nSPS) is 20.3. The van der Waals surface area contributed by atoms with Crippen LogP contribution in [0.1, 0.15) is 70.9 Å². The van der Waals surface area contributed by atoms with Crippen LogP contribution in [0.25, 0.3) is 0 Å². The topological polar surface area (TPSA) is 107 Å². The molecule has 0 radical (unpaired) electrons. The Balaban J connectivity index is 2.03. The van der Waals surface area contributed by atoms with E-state index in [4.69, 9.17) is 12.2 Å². The number of amides is 2. The standard InChI is InChI=1S/C26H33F6N5O3S/c1-14-7-5-10-37(14)22(39)19(35-15(2)21(38)34-13-23(3,4)40)20(41)16-12-33-18(11-17(16)25(27,28)29)36-24(8-6-9-24)26(30,31)32/h11-12,14,19,40H,5-10,13H2,1-4H3,(H,33,36)(H,34,38)/t14-,19?/m0/s1. The van der Waals surface area contributed by atoms with Crippen molar-refractivity contribution in [2.24, 2.45) is 4.99 Å². The van der Waals surface area contributed by atoms with Crippen LogP contribution < -0.4 is 10.6 Å². The number of carbonyl (C=O) groups is 2. The number of hydrogen-bond acceptors (Lipinski definition) is 7. The van der Waals surface area contributed by atoms with E-state index >= 15 is 0 Å². The first-order chi connectivity index (χ1) is 18.8. The minimum Gasteiger partial charge on any atom is -0.389 e. The Morgan fingerprint density at radius 2 is 1.85 bits per heavy atom. The van der Waals surface area contributed by atoms with Gasteiger partial charge in [-0.2, -0.15) is 26.3 Å². The molecule has 2 aliphatic rings. The predicted molar refractivity (Wildman–Crippen MR) is 144 cm³/mol. The summed E-state index contributed by atoms with van der Waals surface area (Å²) in [6, 6.07) is -1.52. The maximum atomic E-state index is 14.2. The molecule has 3 rings (SSSR count). The molecule has 0 aromatic carbocycles. The number of likely N-dealkylation sites (tertiary alicyclic amines) is 1. The van der Waals surface area contributed by atoms with Gasteiger partial charge in [-0.25, -0.2) is 4.98 Å². The van der Waals surface area contributed by atoms with Gasteiger partial charge in [0.2, 0.25) is 0 Å². The minimum absolute atomic E-state index is 0.166. The summed E-state index contributed by atoms with van der Waals surface area (Å²) < 4.78 is 83.6. The Bertz CT molecular complexity index is 1210. The number of thiocarbonyl (C=S) groups is 1. The molecule has 1 aliphatic carbocycles. The Morgan fingerprint density at radius 3 is 2.32 bits per heavy atom. The van der Waals surface area contributed by atoms with Crippen LogP contribution in [-0.2, 0) is 15.8 Å². The number of hydrogen-bond donors (Lipinski definition) is 3.